The van der Waals surface area contributed by atoms with Crippen molar-refractivity contribution in [1.82, 2.24) is 4.40 Å². The highest BCUT2D eigenvalue weighted by Gasteiger charge is 2.11. The average molecular weight is 319 g/mol. The van der Waals surface area contributed by atoms with Crippen LogP contribution >= 0.6 is 11.3 Å². The lowest BCUT2D eigenvalue weighted by atomic mass is 10.1. The average Bonchev–Trinajstić information content (AvgIpc) is 3.08. The normalized spacial score (nSPS) is 11.4. The monoisotopic (exact) mass is 319 g/mol. The lowest BCUT2D eigenvalue weighted by Crippen LogP contribution is -1.96. The number of rotatable bonds is 3. The predicted octanol–water partition coefficient (Wildman–Crippen LogP) is 5.26. The maximum absolute atomic E-state index is 11.4. The summed E-state index contributed by atoms with van der Waals surface area (Å²) in [6, 6.07) is 16.7. The van der Waals surface area contributed by atoms with E-state index in [9.17, 15) is 4.79 Å². The Morgan fingerprint density at radius 2 is 1.91 bits per heavy atom. The Labute approximate surface area is 139 Å². The highest BCUT2D eigenvalue weighted by Crippen LogP contribution is 2.29. The van der Waals surface area contributed by atoms with Crippen LogP contribution < -0.4 is 0 Å². The van der Waals surface area contributed by atoms with Crippen molar-refractivity contribution < 1.29 is 4.79 Å². The minimum absolute atomic E-state index is 0.113. The number of aromatic nitrogens is 1. The summed E-state index contributed by atoms with van der Waals surface area (Å²) in [6.45, 7) is 3.77. The number of Topliss-reactive ketones (excluding diaryl/α,β-unsaturated/α-hetero) is 1. The summed E-state index contributed by atoms with van der Waals surface area (Å²) >= 11 is 1.78. The number of benzene rings is 2. The zero-order valence-electron chi connectivity index (χ0n) is 13.2. The van der Waals surface area contributed by atoms with E-state index in [1.807, 2.05) is 12.1 Å². The largest absolute Gasteiger partial charge is 0.304 e. The first-order valence-corrected chi connectivity index (χ1v) is 8.58. The molecule has 0 saturated heterocycles. The first-order valence-electron chi connectivity index (χ1n) is 7.70. The van der Waals surface area contributed by atoms with Gasteiger partial charge in [-0.25, -0.2) is 0 Å². The molecule has 0 aliphatic carbocycles. The van der Waals surface area contributed by atoms with Crippen molar-refractivity contribution in [3.05, 3.63) is 76.3 Å². The van der Waals surface area contributed by atoms with Crippen LogP contribution in [-0.4, -0.2) is 10.2 Å². The molecular weight excluding hydrogens is 302 g/mol. The number of thiazole rings is 1. The smallest absolute Gasteiger partial charge is 0.159 e. The summed E-state index contributed by atoms with van der Waals surface area (Å²) in [4.78, 5) is 12.7. The first kappa shape index (κ1) is 14.2. The Kier molecular flexibility index (Phi) is 3.31. The molecule has 2 aromatic heterocycles. The molecule has 0 spiro atoms. The third-order valence-electron chi connectivity index (χ3n) is 4.34. The Hall–Kier alpha value is -2.39. The third-order valence-corrected chi connectivity index (χ3v) is 5.27. The number of hydrogen-bond acceptors (Lipinski definition) is 2. The number of ketones is 1. The zero-order chi connectivity index (χ0) is 16.0. The van der Waals surface area contributed by atoms with Gasteiger partial charge in [-0.15, -0.1) is 11.3 Å². The molecule has 0 N–H and O–H groups in total. The van der Waals surface area contributed by atoms with Crippen molar-refractivity contribution in [1.29, 1.82) is 0 Å². The van der Waals surface area contributed by atoms with Gasteiger partial charge in [0.2, 0.25) is 0 Å². The topological polar surface area (TPSA) is 21.5 Å². The molecule has 23 heavy (non-hydrogen) atoms. The quantitative estimate of drug-likeness (QED) is 0.472. The maximum atomic E-state index is 11.4. The fourth-order valence-corrected chi connectivity index (χ4v) is 4.11. The molecule has 3 heteroatoms. The molecule has 114 valence electrons. The Bertz CT molecular complexity index is 1020. The number of fused-ring (bicyclic) bond motifs is 3. The highest BCUT2D eigenvalue weighted by molar-refractivity contribution is 7.15. The van der Waals surface area contributed by atoms with Gasteiger partial charge in [0.25, 0.3) is 0 Å². The molecule has 4 rings (SSSR count). The molecule has 4 aromatic rings. The van der Waals surface area contributed by atoms with Crippen LogP contribution in [0, 0.1) is 6.92 Å². The van der Waals surface area contributed by atoms with Crippen molar-refractivity contribution in [2.24, 2.45) is 0 Å². The maximum Gasteiger partial charge on any atom is 0.159 e. The van der Waals surface area contributed by atoms with Gasteiger partial charge in [-0.3, -0.25) is 4.79 Å². The van der Waals surface area contributed by atoms with Crippen LogP contribution in [0.15, 0.2) is 53.9 Å². The highest BCUT2D eigenvalue weighted by atomic mass is 32.1. The number of carbonyl (C=O) groups excluding carboxylic acids is 1. The molecule has 0 radical (unpaired) electrons. The van der Waals surface area contributed by atoms with E-state index in [4.69, 9.17) is 0 Å². The van der Waals surface area contributed by atoms with Gasteiger partial charge in [-0.1, -0.05) is 42.5 Å². The van der Waals surface area contributed by atoms with Gasteiger partial charge in [0.15, 0.2) is 5.78 Å². The van der Waals surface area contributed by atoms with Crippen molar-refractivity contribution >= 4 is 32.9 Å². The third kappa shape index (κ3) is 2.37. The number of carbonyl (C=O) groups is 1. The van der Waals surface area contributed by atoms with Gasteiger partial charge in [0, 0.05) is 28.4 Å². The Morgan fingerprint density at radius 3 is 2.65 bits per heavy atom. The summed E-state index contributed by atoms with van der Waals surface area (Å²) in [5.41, 5.74) is 5.90. The van der Waals surface area contributed by atoms with Crippen LogP contribution in [0.25, 0.3) is 15.7 Å². The van der Waals surface area contributed by atoms with Crippen LogP contribution in [-0.2, 0) is 6.42 Å². The van der Waals surface area contributed by atoms with Gasteiger partial charge in [-0.05, 0) is 31.0 Å². The van der Waals surface area contributed by atoms with Crippen molar-refractivity contribution in [3.63, 3.8) is 0 Å². The van der Waals surface area contributed by atoms with Crippen LogP contribution in [0.4, 0.5) is 0 Å². The molecule has 0 fully saturated rings. The first-order chi connectivity index (χ1) is 11.1. The zero-order valence-corrected chi connectivity index (χ0v) is 14.0. The van der Waals surface area contributed by atoms with Crippen molar-refractivity contribution in [3.8, 4) is 0 Å². The van der Waals surface area contributed by atoms with Crippen molar-refractivity contribution in [2.45, 2.75) is 20.3 Å². The van der Waals surface area contributed by atoms with Gasteiger partial charge < -0.3 is 4.40 Å². The van der Waals surface area contributed by atoms with E-state index in [-0.39, 0.29) is 5.78 Å². The number of aryl methyl sites for hydroxylation is 1. The minimum atomic E-state index is 0.113. The molecule has 0 bridgehead atoms. The predicted molar refractivity (Wildman–Crippen MR) is 96.8 cm³/mol. The molecule has 0 aliphatic heterocycles. The molecule has 0 amide bonds. The fraction of sp³-hybridized carbons (Fsp3) is 0.150. The molecule has 2 nitrogen and oxygen atoms in total. The van der Waals surface area contributed by atoms with Crippen LogP contribution in [0.2, 0.25) is 0 Å². The number of para-hydroxylation sites is 1. The summed E-state index contributed by atoms with van der Waals surface area (Å²) in [6.07, 6.45) is 0.871. The second kappa shape index (κ2) is 5.36. The number of hydrogen-bond donors (Lipinski definition) is 0. The second-order valence-corrected chi connectivity index (χ2v) is 6.88. The van der Waals surface area contributed by atoms with Crippen LogP contribution in [0.3, 0.4) is 0 Å². The van der Waals surface area contributed by atoms with E-state index < -0.39 is 0 Å². The molecular formula is C20H17NOS. The molecule has 0 aliphatic rings. The lowest BCUT2D eigenvalue weighted by Gasteiger charge is -2.05. The lowest BCUT2D eigenvalue weighted by molar-refractivity contribution is 0.101. The summed E-state index contributed by atoms with van der Waals surface area (Å²) < 4.78 is 2.37. The molecule has 0 unspecified atom stereocenters. The summed E-state index contributed by atoms with van der Waals surface area (Å²) in [5.74, 6) is 0.113. The minimum Gasteiger partial charge on any atom is -0.304 e. The Balaban J connectivity index is 1.80. The van der Waals surface area contributed by atoms with Gasteiger partial charge in [-0.2, -0.15) is 0 Å². The molecule has 2 heterocycles. The number of nitrogens with zero attached hydrogens (tertiary/aromatic N) is 1. The van der Waals surface area contributed by atoms with Gasteiger partial charge >= 0.3 is 0 Å². The van der Waals surface area contributed by atoms with E-state index in [2.05, 4.69) is 53.1 Å². The molecule has 0 saturated carbocycles. The van der Waals surface area contributed by atoms with Crippen molar-refractivity contribution in [2.75, 3.05) is 0 Å². The van der Waals surface area contributed by atoms with Gasteiger partial charge in [0.1, 0.15) is 4.83 Å². The van der Waals surface area contributed by atoms with E-state index >= 15 is 0 Å². The van der Waals surface area contributed by atoms with E-state index in [0.29, 0.717) is 0 Å². The van der Waals surface area contributed by atoms with E-state index in [1.54, 1.807) is 18.3 Å². The second-order valence-electron chi connectivity index (χ2n) is 5.99. The Morgan fingerprint density at radius 1 is 1.13 bits per heavy atom. The molecule has 0 atom stereocenters. The fourth-order valence-electron chi connectivity index (χ4n) is 3.15. The molecule has 2 aromatic carbocycles. The van der Waals surface area contributed by atoms with Crippen LogP contribution in [0.1, 0.15) is 34.1 Å². The standard InChI is InChI=1S/C20H17NOS/c1-13-4-3-5-17-11-19-21(20(13)17)18(12-23-19)10-15-6-8-16(9-7-15)14(2)22/h3-9,11-12H,10H2,1-2H3. The SMILES string of the molecule is CC(=O)c1ccc(Cc2csc3cc4cccc(C)c4n23)cc1. The summed E-state index contributed by atoms with van der Waals surface area (Å²) in [7, 11) is 0. The van der Waals surface area contributed by atoms with Gasteiger partial charge in [0.05, 0.1) is 5.52 Å². The summed E-state index contributed by atoms with van der Waals surface area (Å²) in [5, 5.41) is 3.53. The van der Waals surface area contributed by atoms with E-state index in [0.717, 1.165) is 12.0 Å². The van der Waals surface area contributed by atoms with Crippen LogP contribution in [0.5, 0.6) is 0 Å². The van der Waals surface area contributed by atoms with E-state index in [1.165, 1.54) is 32.6 Å².